The van der Waals surface area contributed by atoms with E-state index in [9.17, 15) is 5.21 Å². The molecule has 0 fully saturated rings. The first kappa shape index (κ1) is 17.4. The third kappa shape index (κ3) is 3.12. The molecule has 2 heterocycles. The minimum atomic E-state index is 0.368. The Balaban J connectivity index is 1.91. The quantitative estimate of drug-likeness (QED) is 0.286. The maximum atomic E-state index is 9.57. The Morgan fingerprint density at radius 2 is 1.74 bits per heavy atom. The van der Waals surface area contributed by atoms with Crippen molar-refractivity contribution in [3.8, 4) is 11.3 Å². The Bertz CT molecular complexity index is 1170. The van der Waals surface area contributed by atoms with Crippen LogP contribution in [0.4, 0.5) is 5.82 Å². The SMILES string of the molecule is Nc1nc2ccc(/C(=N/O)c3ccccc3)cn2c1-c1ccc(Cl)c(Cl)c1. The molecule has 0 radical (unpaired) electrons. The number of rotatable bonds is 3. The van der Waals surface area contributed by atoms with Gasteiger partial charge < -0.3 is 10.9 Å². The number of hydrogen-bond acceptors (Lipinski definition) is 4. The highest BCUT2D eigenvalue weighted by Gasteiger charge is 2.15. The molecule has 3 N–H and O–H groups in total. The smallest absolute Gasteiger partial charge is 0.150 e. The Labute approximate surface area is 165 Å². The van der Waals surface area contributed by atoms with Gasteiger partial charge in [-0.1, -0.05) is 64.8 Å². The van der Waals surface area contributed by atoms with Gasteiger partial charge in [0.2, 0.25) is 0 Å². The molecule has 7 heteroatoms. The summed E-state index contributed by atoms with van der Waals surface area (Å²) in [5, 5.41) is 14.0. The van der Waals surface area contributed by atoms with Crippen molar-refractivity contribution in [1.82, 2.24) is 9.38 Å². The second-order valence-corrected chi connectivity index (χ2v) is 6.75. The average Bonchev–Trinajstić information content (AvgIpc) is 3.01. The van der Waals surface area contributed by atoms with Gasteiger partial charge in [0, 0.05) is 22.9 Å². The van der Waals surface area contributed by atoms with Crippen LogP contribution in [0.5, 0.6) is 0 Å². The Kier molecular flexibility index (Phi) is 4.48. The van der Waals surface area contributed by atoms with E-state index in [0.717, 1.165) is 16.7 Å². The standard InChI is InChI=1S/C20H14Cl2N4O/c21-15-8-6-13(10-16(15)22)19-20(23)24-17-9-7-14(11-26(17)19)18(25-27)12-4-2-1-3-5-12/h1-11,27H,23H2/b25-18+. The van der Waals surface area contributed by atoms with Crippen molar-refractivity contribution >= 4 is 40.4 Å². The lowest BCUT2D eigenvalue weighted by molar-refractivity contribution is 0.319. The monoisotopic (exact) mass is 396 g/mol. The van der Waals surface area contributed by atoms with Crippen molar-refractivity contribution in [2.45, 2.75) is 0 Å². The molecule has 2 aromatic heterocycles. The summed E-state index contributed by atoms with van der Waals surface area (Å²) in [4.78, 5) is 4.40. The van der Waals surface area contributed by atoms with Crippen molar-refractivity contribution in [2.75, 3.05) is 5.73 Å². The topological polar surface area (TPSA) is 75.9 Å². The Hall–Kier alpha value is -3.02. The van der Waals surface area contributed by atoms with Gasteiger partial charge in [0.1, 0.15) is 11.4 Å². The van der Waals surface area contributed by atoms with Crippen LogP contribution in [0.25, 0.3) is 16.9 Å². The number of nitrogen functional groups attached to an aromatic ring is 1. The van der Waals surface area contributed by atoms with Crippen LogP contribution < -0.4 is 5.73 Å². The largest absolute Gasteiger partial charge is 0.410 e. The van der Waals surface area contributed by atoms with Gasteiger partial charge in [0.25, 0.3) is 0 Å². The minimum absolute atomic E-state index is 0.368. The zero-order valence-corrected chi connectivity index (χ0v) is 15.5. The Morgan fingerprint density at radius 1 is 0.963 bits per heavy atom. The number of benzene rings is 2. The molecule has 0 saturated carbocycles. The number of oxime groups is 1. The van der Waals surface area contributed by atoms with Crippen LogP contribution in [0.2, 0.25) is 10.0 Å². The fourth-order valence-electron chi connectivity index (χ4n) is 3.01. The summed E-state index contributed by atoms with van der Waals surface area (Å²) in [7, 11) is 0. The molecule has 2 aromatic carbocycles. The summed E-state index contributed by atoms with van der Waals surface area (Å²) < 4.78 is 1.85. The van der Waals surface area contributed by atoms with E-state index in [-0.39, 0.29) is 0 Å². The van der Waals surface area contributed by atoms with Crippen LogP contribution in [0.1, 0.15) is 11.1 Å². The third-order valence-electron chi connectivity index (χ3n) is 4.26. The van der Waals surface area contributed by atoms with E-state index in [0.29, 0.717) is 32.9 Å². The van der Waals surface area contributed by atoms with Gasteiger partial charge in [-0.2, -0.15) is 0 Å². The number of aromatic nitrogens is 2. The van der Waals surface area contributed by atoms with Gasteiger partial charge in [0.05, 0.1) is 15.7 Å². The second-order valence-electron chi connectivity index (χ2n) is 5.94. The molecule has 27 heavy (non-hydrogen) atoms. The van der Waals surface area contributed by atoms with Crippen molar-refractivity contribution in [3.63, 3.8) is 0 Å². The summed E-state index contributed by atoms with van der Waals surface area (Å²) in [5.74, 6) is 0.368. The van der Waals surface area contributed by atoms with E-state index in [1.807, 2.05) is 59.1 Å². The van der Waals surface area contributed by atoms with Crippen LogP contribution in [0.3, 0.4) is 0 Å². The van der Waals surface area contributed by atoms with E-state index >= 15 is 0 Å². The van der Waals surface area contributed by atoms with Crippen LogP contribution in [0, 0.1) is 0 Å². The highest BCUT2D eigenvalue weighted by molar-refractivity contribution is 6.42. The number of imidazole rings is 1. The first-order valence-corrected chi connectivity index (χ1v) is 8.85. The van der Waals surface area contributed by atoms with Gasteiger partial charge in [-0.3, -0.25) is 4.40 Å². The first-order valence-electron chi connectivity index (χ1n) is 8.09. The number of fused-ring (bicyclic) bond motifs is 1. The molecule has 0 unspecified atom stereocenters. The highest BCUT2D eigenvalue weighted by atomic mass is 35.5. The van der Waals surface area contributed by atoms with Gasteiger partial charge in [-0.25, -0.2) is 4.98 Å². The fraction of sp³-hybridized carbons (Fsp3) is 0. The zero-order chi connectivity index (χ0) is 19.0. The van der Waals surface area contributed by atoms with E-state index in [1.54, 1.807) is 12.1 Å². The molecule has 0 atom stereocenters. The number of nitrogens with zero attached hydrogens (tertiary/aromatic N) is 3. The lowest BCUT2D eigenvalue weighted by Gasteiger charge is -2.08. The summed E-state index contributed by atoms with van der Waals surface area (Å²) in [5.41, 5.74) is 10.3. The predicted molar refractivity (Wildman–Crippen MR) is 109 cm³/mol. The lowest BCUT2D eigenvalue weighted by Crippen LogP contribution is -2.05. The predicted octanol–water partition coefficient (Wildman–Crippen LogP) is 5.12. The zero-order valence-electron chi connectivity index (χ0n) is 14.0. The molecule has 0 bridgehead atoms. The summed E-state index contributed by atoms with van der Waals surface area (Å²) in [6.07, 6.45) is 1.83. The molecule has 0 saturated heterocycles. The molecule has 0 aliphatic carbocycles. The van der Waals surface area contributed by atoms with E-state index in [2.05, 4.69) is 10.1 Å². The molecule has 0 aliphatic rings. The molecule has 0 aliphatic heterocycles. The molecule has 4 aromatic rings. The van der Waals surface area contributed by atoms with Gasteiger partial charge in [-0.05, 0) is 24.3 Å². The van der Waals surface area contributed by atoms with Crippen molar-refractivity contribution in [2.24, 2.45) is 5.16 Å². The van der Waals surface area contributed by atoms with E-state index in [4.69, 9.17) is 28.9 Å². The van der Waals surface area contributed by atoms with Crippen LogP contribution >= 0.6 is 23.2 Å². The molecule has 4 rings (SSSR count). The molecule has 0 amide bonds. The number of halogens is 2. The van der Waals surface area contributed by atoms with Gasteiger partial charge >= 0.3 is 0 Å². The maximum absolute atomic E-state index is 9.57. The second kappa shape index (κ2) is 6.95. The van der Waals surface area contributed by atoms with Crippen LogP contribution in [-0.4, -0.2) is 20.3 Å². The van der Waals surface area contributed by atoms with E-state index in [1.165, 1.54) is 0 Å². The lowest BCUT2D eigenvalue weighted by atomic mass is 10.0. The van der Waals surface area contributed by atoms with Gasteiger partial charge in [-0.15, -0.1) is 0 Å². The Morgan fingerprint density at radius 3 is 2.44 bits per heavy atom. The fourth-order valence-corrected chi connectivity index (χ4v) is 3.31. The van der Waals surface area contributed by atoms with Crippen molar-refractivity contribution in [3.05, 3.63) is 88.0 Å². The maximum Gasteiger partial charge on any atom is 0.150 e. The van der Waals surface area contributed by atoms with E-state index < -0.39 is 0 Å². The molecular weight excluding hydrogens is 383 g/mol. The summed E-state index contributed by atoms with van der Waals surface area (Å²) in [6.45, 7) is 0. The van der Waals surface area contributed by atoms with Crippen LogP contribution in [0.15, 0.2) is 72.0 Å². The number of anilines is 1. The average molecular weight is 397 g/mol. The molecule has 0 spiro atoms. The number of nitrogens with two attached hydrogens (primary N) is 1. The van der Waals surface area contributed by atoms with Crippen LogP contribution in [-0.2, 0) is 0 Å². The third-order valence-corrected chi connectivity index (χ3v) is 5.00. The normalized spacial score (nSPS) is 11.9. The van der Waals surface area contributed by atoms with Gasteiger partial charge in [0.15, 0.2) is 5.82 Å². The molecule has 134 valence electrons. The highest BCUT2D eigenvalue weighted by Crippen LogP contribution is 2.32. The molecule has 5 nitrogen and oxygen atoms in total. The molecular formula is C20H14Cl2N4O. The minimum Gasteiger partial charge on any atom is -0.410 e. The summed E-state index contributed by atoms with van der Waals surface area (Å²) in [6, 6.07) is 18.4. The summed E-state index contributed by atoms with van der Waals surface area (Å²) >= 11 is 12.2. The number of hydrogen-bond donors (Lipinski definition) is 2. The van der Waals surface area contributed by atoms with Crippen molar-refractivity contribution < 1.29 is 5.21 Å². The van der Waals surface area contributed by atoms with Crippen molar-refractivity contribution in [1.29, 1.82) is 0 Å². The first-order chi connectivity index (χ1) is 13.1. The number of pyridine rings is 1.